The highest BCUT2D eigenvalue weighted by molar-refractivity contribution is 7.89. The average molecular weight is 632 g/mol. The van der Waals surface area contributed by atoms with Gasteiger partial charge in [-0.3, -0.25) is 9.20 Å². The van der Waals surface area contributed by atoms with Gasteiger partial charge in [0.15, 0.2) is 11.2 Å². The highest BCUT2D eigenvalue weighted by Gasteiger charge is 2.50. The van der Waals surface area contributed by atoms with Crippen LogP contribution >= 0.6 is 0 Å². The number of ether oxygens (including phenoxy) is 2. The van der Waals surface area contributed by atoms with E-state index in [0.29, 0.717) is 11.5 Å². The first-order valence-corrected chi connectivity index (χ1v) is 16.7. The lowest BCUT2D eigenvalue weighted by Crippen LogP contribution is -2.60. The maximum atomic E-state index is 14.1. The van der Waals surface area contributed by atoms with E-state index < -0.39 is 32.9 Å². The summed E-state index contributed by atoms with van der Waals surface area (Å²) in [7, 11) is -3.98. The number of carboxylic acids is 1. The summed E-state index contributed by atoms with van der Waals surface area (Å²) in [5.74, 6) is -0.0508. The number of aromatic nitrogens is 4. The first-order valence-electron chi connectivity index (χ1n) is 15.2. The van der Waals surface area contributed by atoms with Crippen LogP contribution in [0, 0.1) is 26.2 Å². The van der Waals surface area contributed by atoms with Crippen LogP contribution in [0.4, 0.5) is 0 Å². The van der Waals surface area contributed by atoms with E-state index in [-0.39, 0.29) is 37.1 Å². The fourth-order valence-corrected chi connectivity index (χ4v) is 8.22. The Morgan fingerprint density at radius 2 is 1.89 bits per heavy atom. The number of hydrogen-bond donors (Lipinski definition) is 1. The highest BCUT2D eigenvalue weighted by Crippen LogP contribution is 2.45. The van der Waals surface area contributed by atoms with Gasteiger partial charge in [-0.1, -0.05) is 18.2 Å². The summed E-state index contributed by atoms with van der Waals surface area (Å²) < 4.78 is 43.3. The van der Waals surface area contributed by atoms with Gasteiger partial charge in [0, 0.05) is 30.8 Å². The maximum absolute atomic E-state index is 14.1. The second kappa shape index (κ2) is 10.3. The Balaban J connectivity index is 1.32. The summed E-state index contributed by atoms with van der Waals surface area (Å²) in [6.07, 6.45) is 5.73. The van der Waals surface area contributed by atoms with E-state index in [2.05, 4.69) is 15.2 Å². The Labute approximate surface area is 262 Å². The van der Waals surface area contributed by atoms with E-state index in [4.69, 9.17) is 9.47 Å². The number of sulfonamides is 1. The second-order valence-corrected chi connectivity index (χ2v) is 15.3. The lowest BCUT2D eigenvalue weighted by molar-refractivity contribution is -0.166. The fourth-order valence-electron chi connectivity index (χ4n) is 6.58. The van der Waals surface area contributed by atoms with E-state index in [0.717, 1.165) is 52.1 Å². The van der Waals surface area contributed by atoms with Crippen LogP contribution in [0.15, 0.2) is 47.6 Å². The van der Waals surface area contributed by atoms with Gasteiger partial charge in [-0.2, -0.15) is 4.31 Å². The number of carboxylic acid groups (broad SMARTS) is 1. The van der Waals surface area contributed by atoms with Crippen molar-refractivity contribution < 1.29 is 27.8 Å². The fraction of sp³-hybridized carbons (Fsp3) is 0.455. The normalized spacial score (nSPS) is 19.8. The average Bonchev–Trinajstić information content (AvgIpc) is 3.73. The number of aryl methyl sites for hydroxylation is 3. The van der Waals surface area contributed by atoms with Crippen molar-refractivity contribution in [2.24, 2.45) is 5.41 Å². The molecule has 1 N–H and O–H groups in total. The number of carbonyl (C=O) groups is 1. The Hall–Kier alpha value is -3.87. The zero-order valence-electron chi connectivity index (χ0n) is 26.1. The predicted molar refractivity (Wildman–Crippen MR) is 165 cm³/mol. The Morgan fingerprint density at radius 3 is 2.56 bits per heavy atom. The molecule has 1 saturated heterocycles. The van der Waals surface area contributed by atoms with E-state index >= 15 is 0 Å². The minimum atomic E-state index is -3.98. The highest BCUT2D eigenvalue weighted by atomic mass is 32.2. The molecule has 1 spiro atoms. The number of fused-ring (bicyclic) bond motifs is 2. The van der Waals surface area contributed by atoms with Gasteiger partial charge in [0.25, 0.3) is 0 Å². The Morgan fingerprint density at radius 1 is 1.13 bits per heavy atom. The third-order valence-electron chi connectivity index (χ3n) is 9.55. The Kier molecular flexibility index (Phi) is 6.84. The zero-order chi connectivity index (χ0) is 31.9. The zero-order valence-corrected chi connectivity index (χ0v) is 26.9. The van der Waals surface area contributed by atoms with Crippen LogP contribution in [0.25, 0.3) is 5.65 Å². The molecule has 11 nitrogen and oxygen atoms in total. The molecule has 2 aliphatic heterocycles. The van der Waals surface area contributed by atoms with Gasteiger partial charge in [-0.05, 0) is 93.0 Å². The molecule has 4 aromatic rings. The predicted octanol–water partition coefficient (Wildman–Crippen LogP) is 4.52. The second-order valence-electron chi connectivity index (χ2n) is 13.4. The standard InChI is InChI=1S/C33H37N5O6S/c1-19-12-26-30(34-14-19)44-33(17-43-18-33)16-37(45(26,41)42)15-24-13-23(7-6-20(24)2)27(32(4,5)31(39)40)25-10-11-38-28(21(25)3)35-36-29(38)22-8-9-22/h6-7,10-14,22,27H,8-9,15-18H2,1-5H3,(H,39,40). The summed E-state index contributed by atoms with van der Waals surface area (Å²) in [5, 5.41) is 19.4. The van der Waals surface area contributed by atoms with Crippen molar-refractivity contribution in [1.82, 2.24) is 23.9 Å². The third kappa shape index (κ3) is 4.90. The first-order chi connectivity index (χ1) is 21.3. The third-order valence-corrected chi connectivity index (χ3v) is 11.3. The number of benzene rings is 1. The molecule has 0 amide bonds. The number of aliphatic carboxylic acids is 1. The van der Waals surface area contributed by atoms with Crippen molar-refractivity contribution in [3.63, 3.8) is 0 Å². The van der Waals surface area contributed by atoms with Gasteiger partial charge in [0.2, 0.25) is 15.9 Å². The van der Waals surface area contributed by atoms with Gasteiger partial charge in [-0.15, -0.1) is 10.2 Å². The monoisotopic (exact) mass is 631 g/mol. The van der Waals surface area contributed by atoms with E-state index in [1.807, 2.05) is 48.7 Å². The molecule has 3 aliphatic rings. The number of pyridine rings is 2. The summed E-state index contributed by atoms with van der Waals surface area (Å²) >= 11 is 0. The molecule has 2 fully saturated rings. The van der Waals surface area contributed by atoms with E-state index in [9.17, 15) is 18.3 Å². The van der Waals surface area contributed by atoms with Crippen molar-refractivity contribution in [2.75, 3.05) is 19.8 Å². The number of rotatable bonds is 7. The van der Waals surface area contributed by atoms with Crippen LogP contribution in [0.3, 0.4) is 0 Å². The van der Waals surface area contributed by atoms with Crippen molar-refractivity contribution in [3.8, 4) is 5.88 Å². The number of nitrogens with zero attached hydrogens (tertiary/aromatic N) is 5. The number of hydrogen-bond acceptors (Lipinski definition) is 8. The summed E-state index contributed by atoms with van der Waals surface area (Å²) in [6, 6.07) is 9.41. The van der Waals surface area contributed by atoms with Gasteiger partial charge < -0.3 is 14.6 Å². The molecule has 0 radical (unpaired) electrons. The van der Waals surface area contributed by atoms with Gasteiger partial charge in [0.05, 0.1) is 25.2 Å². The topological polar surface area (TPSA) is 136 Å². The van der Waals surface area contributed by atoms with Crippen LogP contribution < -0.4 is 4.74 Å². The molecule has 45 heavy (non-hydrogen) atoms. The van der Waals surface area contributed by atoms with Crippen LogP contribution in [0.1, 0.15) is 77.7 Å². The van der Waals surface area contributed by atoms with Gasteiger partial charge in [0.1, 0.15) is 10.7 Å². The summed E-state index contributed by atoms with van der Waals surface area (Å²) in [6.45, 7) is 9.85. The molecular formula is C33H37N5O6S. The Bertz CT molecular complexity index is 1960. The molecule has 1 atom stereocenters. The molecule has 1 unspecified atom stereocenters. The molecule has 12 heteroatoms. The van der Waals surface area contributed by atoms with Crippen molar-refractivity contribution in [2.45, 2.75) is 76.3 Å². The first kappa shape index (κ1) is 29.8. The quantitative estimate of drug-likeness (QED) is 0.312. The molecule has 1 saturated carbocycles. The maximum Gasteiger partial charge on any atom is 0.310 e. The SMILES string of the molecule is Cc1cnc2c(c1)S(=O)(=O)N(Cc1cc(C(c3ccn4c(C5CC5)nnc4c3C)C(C)(C)C(=O)O)ccc1C)CC1(COC1)O2. The van der Waals surface area contributed by atoms with Crippen LogP contribution in [-0.4, -0.2) is 68.7 Å². The molecule has 1 aliphatic carbocycles. The largest absolute Gasteiger partial charge is 0.481 e. The molecule has 236 valence electrons. The molecule has 7 rings (SSSR count). The van der Waals surface area contributed by atoms with Crippen LogP contribution in [0.5, 0.6) is 5.88 Å². The smallest absolute Gasteiger partial charge is 0.310 e. The molecule has 5 heterocycles. The van der Waals surface area contributed by atoms with Gasteiger partial charge in [-0.25, -0.2) is 13.4 Å². The molecule has 3 aromatic heterocycles. The molecular weight excluding hydrogens is 594 g/mol. The van der Waals surface area contributed by atoms with Crippen LogP contribution in [-0.2, 0) is 26.1 Å². The molecule has 1 aromatic carbocycles. The van der Waals surface area contributed by atoms with Crippen molar-refractivity contribution in [1.29, 1.82) is 0 Å². The summed E-state index contributed by atoms with van der Waals surface area (Å²) in [5.41, 5.74) is 3.57. The van der Waals surface area contributed by atoms with Gasteiger partial charge >= 0.3 is 5.97 Å². The minimum Gasteiger partial charge on any atom is -0.481 e. The lowest BCUT2D eigenvalue weighted by atomic mass is 9.70. The molecule has 0 bridgehead atoms. The van der Waals surface area contributed by atoms with E-state index in [1.165, 1.54) is 4.31 Å². The lowest BCUT2D eigenvalue weighted by Gasteiger charge is -2.41. The minimum absolute atomic E-state index is 0.0350. The van der Waals surface area contributed by atoms with E-state index in [1.54, 1.807) is 33.0 Å². The summed E-state index contributed by atoms with van der Waals surface area (Å²) in [4.78, 5) is 17.1. The van der Waals surface area contributed by atoms with Crippen molar-refractivity contribution in [3.05, 3.63) is 81.9 Å². The van der Waals surface area contributed by atoms with Crippen molar-refractivity contribution >= 4 is 21.6 Å². The van der Waals surface area contributed by atoms with Crippen LogP contribution in [0.2, 0.25) is 0 Å².